The van der Waals surface area contributed by atoms with Crippen LogP contribution in [0.3, 0.4) is 0 Å². The summed E-state index contributed by atoms with van der Waals surface area (Å²) in [6.45, 7) is 0.166. The number of hydrogen-bond donors (Lipinski definition) is 0. The molecule has 4 aliphatic heterocycles. The molecule has 0 spiro atoms. The first kappa shape index (κ1) is 22.4. The molecule has 0 aliphatic carbocycles. The van der Waals surface area contributed by atoms with Crippen molar-refractivity contribution >= 4 is 80.7 Å². The second kappa shape index (κ2) is 8.13. The second-order valence-corrected chi connectivity index (χ2v) is 13.1. The highest BCUT2D eigenvalue weighted by Crippen LogP contribution is 2.56. The van der Waals surface area contributed by atoms with Gasteiger partial charge in [0, 0.05) is 31.0 Å². The number of rotatable bonds is 1. The third kappa shape index (κ3) is 2.92. The molecule has 0 atom stereocenters. The van der Waals surface area contributed by atoms with Crippen LogP contribution < -0.4 is 26.2 Å². The average molecular weight is 557 g/mol. The summed E-state index contributed by atoms with van der Waals surface area (Å²) in [5, 5.41) is 0. The van der Waals surface area contributed by atoms with Crippen LogP contribution in [0, 0.1) is 0 Å². The van der Waals surface area contributed by atoms with Crippen LogP contribution in [0.2, 0.25) is 0 Å². The van der Waals surface area contributed by atoms with E-state index in [1.165, 1.54) is 81.2 Å². The van der Waals surface area contributed by atoms with Gasteiger partial charge in [0.05, 0.1) is 22.7 Å². The Labute approximate surface area is 247 Å². The summed E-state index contributed by atoms with van der Waals surface area (Å²) in [6, 6.07) is 47.3. The third-order valence-electron chi connectivity index (χ3n) is 8.80. The van der Waals surface area contributed by atoms with E-state index in [9.17, 15) is 0 Å². The van der Waals surface area contributed by atoms with Gasteiger partial charge in [0.15, 0.2) is 0 Å². The maximum absolute atomic E-state index is 2.55. The SMILES string of the molecule is c1ccc(-c2cc3c4c(c2)N2c5ccccc5Sc5cccc(c52)B4c2cccc4c2N3c2ccccc2S4)cc1. The molecule has 0 amide bonds. The highest BCUT2D eigenvalue weighted by atomic mass is 32.2. The number of fused-ring (bicyclic) bond motifs is 8. The summed E-state index contributed by atoms with van der Waals surface area (Å²) < 4.78 is 0. The Morgan fingerprint density at radius 3 is 1.46 bits per heavy atom. The molecule has 0 unspecified atom stereocenters. The van der Waals surface area contributed by atoms with Crippen LogP contribution in [0.4, 0.5) is 34.1 Å². The summed E-state index contributed by atoms with van der Waals surface area (Å²) in [6.07, 6.45) is 0. The molecule has 2 nitrogen and oxygen atoms in total. The maximum Gasteiger partial charge on any atom is 0.252 e. The lowest BCUT2D eigenvalue weighted by Gasteiger charge is -2.47. The molecule has 0 N–H and O–H groups in total. The maximum atomic E-state index is 2.55. The van der Waals surface area contributed by atoms with Crippen LogP contribution in [0.5, 0.6) is 0 Å². The van der Waals surface area contributed by atoms with Crippen molar-refractivity contribution in [3.05, 3.63) is 127 Å². The largest absolute Gasteiger partial charge is 0.309 e. The first-order valence-corrected chi connectivity index (χ1v) is 15.6. The Balaban J connectivity index is 1.38. The molecule has 6 aromatic rings. The van der Waals surface area contributed by atoms with Gasteiger partial charge in [0.1, 0.15) is 0 Å². The van der Waals surface area contributed by atoms with Crippen LogP contribution >= 0.6 is 23.5 Å². The summed E-state index contributed by atoms with van der Waals surface area (Å²) in [4.78, 5) is 10.4. The van der Waals surface area contributed by atoms with E-state index in [0.717, 1.165) is 0 Å². The summed E-state index contributed by atoms with van der Waals surface area (Å²) in [5.41, 5.74) is 14.4. The summed E-state index contributed by atoms with van der Waals surface area (Å²) >= 11 is 3.79. The Kier molecular flexibility index (Phi) is 4.44. The molecule has 10 rings (SSSR count). The predicted molar refractivity (Wildman–Crippen MR) is 174 cm³/mol. The van der Waals surface area contributed by atoms with Gasteiger partial charge in [-0.3, -0.25) is 0 Å². The molecular weight excluding hydrogens is 535 g/mol. The molecule has 0 saturated carbocycles. The quantitative estimate of drug-likeness (QED) is 0.187. The molecule has 4 aliphatic rings. The lowest BCUT2D eigenvalue weighted by molar-refractivity contribution is 1.15. The standard InChI is InChI=1S/C36H21BN2S2/c1-2-10-22(11-3-1)23-20-28-34-29(21-23)39-27-15-5-7-17-31(27)41-33-19-9-13-25(36(33)39)37(34)24-12-8-18-32-35(24)38(28)26-14-4-6-16-30(26)40-32/h1-21H. The Morgan fingerprint density at radius 2 is 0.902 bits per heavy atom. The lowest BCUT2D eigenvalue weighted by Crippen LogP contribution is -2.62. The topological polar surface area (TPSA) is 6.48 Å². The van der Waals surface area contributed by atoms with E-state index in [0.29, 0.717) is 0 Å². The summed E-state index contributed by atoms with van der Waals surface area (Å²) in [7, 11) is 0. The van der Waals surface area contributed by atoms with E-state index >= 15 is 0 Å². The first-order valence-electron chi connectivity index (χ1n) is 14.0. The molecule has 190 valence electrons. The number of anilines is 6. The van der Waals surface area contributed by atoms with Gasteiger partial charge in [-0.05, 0) is 76.0 Å². The molecule has 41 heavy (non-hydrogen) atoms. The van der Waals surface area contributed by atoms with E-state index in [2.05, 4.69) is 137 Å². The minimum Gasteiger partial charge on any atom is -0.309 e. The lowest BCUT2D eigenvalue weighted by atomic mass is 9.33. The molecular formula is C36H21BN2S2. The first-order chi connectivity index (χ1) is 20.3. The molecule has 5 heteroatoms. The normalized spacial score (nSPS) is 14.5. The van der Waals surface area contributed by atoms with Gasteiger partial charge in [-0.2, -0.15) is 0 Å². The minimum absolute atomic E-state index is 0.166. The monoisotopic (exact) mass is 556 g/mol. The molecule has 4 heterocycles. The number of benzene rings is 6. The van der Waals surface area contributed by atoms with E-state index in [1.807, 2.05) is 23.5 Å². The molecule has 0 aromatic heterocycles. The Hall–Kier alpha value is -4.32. The van der Waals surface area contributed by atoms with Crippen molar-refractivity contribution in [3.63, 3.8) is 0 Å². The zero-order chi connectivity index (χ0) is 26.7. The average Bonchev–Trinajstić information content (AvgIpc) is 3.03. The van der Waals surface area contributed by atoms with E-state index in [-0.39, 0.29) is 6.71 Å². The second-order valence-electron chi connectivity index (χ2n) is 10.9. The fourth-order valence-electron chi connectivity index (χ4n) is 7.19. The zero-order valence-electron chi connectivity index (χ0n) is 21.9. The summed E-state index contributed by atoms with van der Waals surface area (Å²) in [5.74, 6) is 0. The van der Waals surface area contributed by atoms with Crippen LogP contribution in [-0.2, 0) is 0 Å². The molecule has 6 aromatic carbocycles. The van der Waals surface area contributed by atoms with Crippen LogP contribution in [0.1, 0.15) is 0 Å². The predicted octanol–water partition coefficient (Wildman–Crippen LogP) is 8.37. The van der Waals surface area contributed by atoms with Crippen LogP contribution in [0.15, 0.2) is 147 Å². The highest BCUT2D eigenvalue weighted by Gasteiger charge is 2.47. The van der Waals surface area contributed by atoms with E-state index in [1.54, 1.807) is 0 Å². The van der Waals surface area contributed by atoms with Gasteiger partial charge in [0.2, 0.25) is 0 Å². The number of nitrogens with zero attached hydrogens (tertiary/aromatic N) is 2. The van der Waals surface area contributed by atoms with Crippen LogP contribution in [-0.4, -0.2) is 6.71 Å². The molecule has 0 bridgehead atoms. The zero-order valence-corrected chi connectivity index (χ0v) is 23.5. The van der Waals surface area contributed by atoms with E-state index in [4.69, 9.17) is 0 Å². The highest BCUT2D eigenvalue weighted by molar-refractivity contribution is 8.00. The minimum atomic E-state index is 0.166. The molecule has 0 radical (unpaired) electrons. The van der Waals surface area contributed by atoms with Gasteiger partial charge in [0.25, 0.3) is 6.71 Å². The third-order valence-corrected chi connectivity index (χ3v) is 11.0. The van der Waals surface area contributed by atoms with Gasteiger partial charge in [-0.15, -0.1) is 0 Å². The molecule has 0 fully saturated rings. The number of hydrogen-bond acceptors (Lipinski definition) is 4. The van der Waals surface area contributed by atoms with Crippen molar-refractivity contribution in [2.45, 2.75) is 19.6 Å². The van der Waals surface area contributed by atoms with Gasteiger partial charge >= 0.3 is 0 Å². The fraction of sp³-hybridized carbons (Fsp3) is 0. The van der Waals surface area contributed by atoms with Crippen molar-refractivity contribution < 1.29 is 0 Å². The Morgan fingerprint density at radius 1 is 0.415 bits per heavy atom. The van der Waals surface area contributed by atoms with Gasteiger partial charge in [-0.1, -0.05) is 102 Å². The Bertz CT molecular complexity index is 1960. The molecule has 0 saturated heterocycles. The van der Waals surface area contributed by atoms with Crippen molar-refractivity contribution in [2.75, 3.05) is 9.80 Å². The van der Waals surface area contributed by atoms with Crippen molar-refractivity contribution in [1.29, 1.82) is 0 Å². The van der Waals surface area contributed by atoms with Crippen molar-refractivity contribution in [2.24, 2.45) is 0 Å². The van der Waals surface area contributed by atoms with Gasteiger partial charge < -0.3 is 9.80 Å². The fourth-order valence-corrected chi connectivity index (χ4v) is 9.39. The van der Waals surface area contributed by atoms with Crippen LogP contribution in [0.25, 0.3) is 11.1 Å². The number of para-hydroxylation sites is 4. The smallest absolute Gasteiger partial charge is 0.252 e. The van der Waals surface area contributed by atoms with Crippen molar-refractivity contribution in [3.8, 4) is 11.1 Å². The van der Waals surface area contributed by atoms with E-state index < -0.39 is 0 Å². The van der Waals surface area contributed by atoms with Gasteiger partial charge in [-0.25, -0.2) is 0 Å². The van der Waals surface area contributed by atoms with Crippen molar-refractivity contribution in [1.82, 2.24) is 0 Å².